The molecule has 0 aromatic carbocycles. The van der Waals surface area contributed by atoms with Gasteiger partial charge in [-0.3, -0.25) is 52.7 Å². The van der Waals surface area contributed by atoms with E-state index in [2.05, 4.69) is 21.3 Å². The molecule has 1 rings (SSSR count). The van der Waals surface area contributed by atoms with Crippen LogP contribution in [-0.2, 0) is 52.7 Å². The molecule has 0 saturated carbocycles. The van der Waals surface area contributed by atoms with Gasteiger partial charge in [0.15, 0.2) is 0 Å². The van der Waals surface area contributed by atoms with Crippen molar-refractivity contribution in [3.63, 3.8) is 0 Å². The van der Waals surface area contributed by atoms with Crippen molar-refractivity contribution < 1.29 is 63.0 Å². The van der Waals surface area contributed by atoms with Crippen molar-refractivity contribution in [3.8, 4) is 0 Å². The summed E-state index contributed by atoms with van der Waals surface area (Å²) in [6.45, 7) is 27.0. The molecular weight excluding hydrogens is 1110 g/mol. The predicted molar refractivity (Wildman–Crippen MR) is 330 cm³/mol. The summed E-state index contributed by atoms with van der Waals surface area (Å²) in [7, 11) is 9.80. The van der Waals surface area contributed by atoms with Gasteiger partial charge in [-0.2, -0.15) is 0 Å². The third-order valence-corrected chi connectivity index (χ3v) is 16.1. The molecule has 86 heavy (non-hydrogen) atoms. The van der Waals surface area contributed by atoms with Crippen molar-refractivity contribution in [1.29, 1.82) is 0 Å². The maximum atomic E-state index is 15.1. The quantitative estimate of drug-likeness (QED) is 0.121. The van der Waals surface area contributed by atoms with Crippen LogP contribution in [0, 0.1) is 41.4 Å². The van der Waals surface area contributed by atoms with Crippen LogP contribution in [0.4, 0.5) is 0 Å². The monoisotopic (exact) mass is 1220 g/mol. The molecule has 0 spiro atoms. The molecule has 1 heterocycles. The van der Waals surface area contributed by atoms with Crippen LogP contribution in [0.2, 0.25) is 0 Å². The van der Waals surface area contributed by atoms with Crippen LogP contribution >= 0.6 is 0 Å². The van der Waals surface area contributed by atoms with Crippen LogP contribution in [-0.4, -0.2) is 238 Å². The van der Waals surface area contributed by atoms with Crippen LogP contribution in [0.5, 0.6) is 0 Å². The Hall–Kier alpha value is -6.17. The largest absolute Gasteiger partial charge is 0.392 e. The first-order valence-corrected chi connectivity index (χ1v) is 30.7. The Morgan fingerprint density at radius 3 is 1.33 bits per heavy atom. The zero-order valence-corrected chi connectivity index (χ0v) is 56.2. The summed E-state index contributed by atoms with van der Waals surface area (Å²) < 4.78 is 0. The van der Waals surface area contributed by atoms with Crippen LogP contribution in [0.1, 0.15) is 149 Å². The Morgan fingerprint density at radius 2 is 0.872 bits per heavy atom. The van der Waals surface area contributed by atoms with Gasteiger partial charge in [0, 0.05) is 49.3 Å². The lowest BCUT2D eigenvalue weighted by molar-refractivity contribution is -0.157. The molecule has 12 atom stereocenters. The SMILES string of the molecule is CCC1NC(=O)C([C@H](O)[C@H](C)C/C=C/CO)N(C)C(=O)C(C(C)C)N(C)C(=O)C(CC(C)C)N(C)C(=O)C(CC(C)C)N(C)C(=O)[C@@H](C)NC(=O)C(C)NC(=O)C(CC(C)C)N(C)C(=O)C(C(C)C)NC(=O)C(CC(C)C)N(C)C(=O)CN(C)C1=O. The summed E-state index contributed by atoms with van der Waals surface area (Å²) in [4.78, 5) is 168. The normalized spacial score (nSPS) is 26.7. The van der Waals surface area contributed by atoms with Crippen molar-refractivity contribution in [2.75, 3.05) is 62.5 Å². The van der Waals surface area contributed by atoms with Crippen LogP contribution in [0.25, 0.3) is 0 Å². The smallest absolute Gasteiger partial charge is 0.246 e. The molecule has 1 saturated heterocycles. The van der Waals surface area contributed by atoms with Crippen molar-refractivity contribution in [1.82, 2.24) is 55.6 Å². The summed E-state index contributed by atoms with van der Waals surface area (Å²) >= 11 is 0. The van der Waals surface area contributed by atoms with E-state index in [0.717, 1.165) is 9.80 Å². The average molecular weight is 1220 g/mol. The van der Waals surface area contributed by atoms with Crippen LogP contribution < -0.4 is 21.3 Å². The van der Waals surface area contributed by atoms with E-state index in [-0.39, 0.29) is 68.8 Å². The number of nitrogens with one attached hydrogen (secondary N) is 4. The van der Waals surface area contributed by atoms with Gasteiger partial charge in [0.2, 0.25) is 65.0 Å². The van der Waals surface area contributed by atoms with Gasteiger partial charge in [0.05, 0.1) is 19.3 Å². The molecule has 0 bridgehead atoms. The minimum absolute atomic E-state index is 0.00425. The molecule has 0 radical (unpaired) electrons. The Bertz CT molecular complexity index is 2350. The maximum absolute atomic E-state index is 15.1. The van der Waals surface area contributed by atoms with E-state index >= 15 is 9.59 Å². The fourth-order valence-electron chi connectivity index (χ4n) is 10.7. The van der Waals surface area contributed by atoms with Crippen molar-refractivity contribution in [3.05, 3.63) is 12.2 Å². The maximum Gasteiger partial charge on any atom is 0.246 e. The third-order valence-electron chi connectivity index (χ3n) is 16.1. The lowest BCUT2D eigenvalue weighted by Gasteiger charge is -2.41. The number of likely N-dealkylation sites (N-methyl/N-ethyl adjacent to an activating group) is 7. The molecule has 1 aliphatic rings. The highest BCUT2D eigenvalue weighted by molar-refractivity contribution is 5.99. The van der Waals surface area contributed by atoms with Gasteiger partial charge in [-0.1, -0.05) is 109 Å². The summed E-state index contributed by atoms with van der Waals surface area (Å²) in [6, 6.07) is -12.5. The molecule has 6 N–H and O–H groups in total. The second kappa shape index (κ2) is 35.6. The van der Waals surface area contributed by atoms with Crippen molar-refractivity contribution >= 4 is 65.0 Å². The van der Waals surface area contributed by atoms with Gasteiger partial charge >= 0.3 is 0 Å². The van der Waals surface area contributed by atoms with Crippen LogP contribution in [0.3, 0.4) is 0 Å². The molecular formula is C62H111N11O13. The summed E-state index contributed by atoms with van der Waals surface area (Å²) in [5.41, 5.74) is 0. The number of nitrogens with zero attached hydrogens (tertiary/aromatic N) is 7. The Kier molecular flexibility index (Phi) is 32.2. The Labute approximate surface area is 513 Å². The fourth-order valence-corrected chi connectivity index (χ4v) is 10.7. The first kappa shape index (κ1) is 77.8. The standard InChI is InChI=1S/C62H111N11O13/c1-24-43-58(82)67(17)33-48(75)68(18)44(29-34(2)3)55(79)66-49(38(10)11)61(85)69(19)45(30-35(4)5)54(78)63-41(15)53(77)64-42(16)57(81)70(20)46(31-36(6)7)59(83)71(21)47(32-37(8)9)60(84)72(22)50(39(12)13)62(86)73(23)51(56(80)65-43)52(76)40(14)27-25-26-28-74/h25-26,34-47,49-52,74,76H,24,27-33H2,1-23H3,(H,63,78)(H,64,77)(H,65,80)(H,66,79)/b26-25+/t40-,41?,42-,43?,44?,45?,46?,47?,49?,50?,51?,52-/m1/s1. The number of carbonyl (C=O) groups is 11. The minimum Gasteiger partial charge on any atom is -0.392 e. The molecule has 9 unspecified atom stereocenters. The molecule has 11 amide bonds. The predicted octanol–water partition coefficient (Wildman–Crippen LogP) is 2.24. The number of aliphatic hydroxyl groups excluding tert-OH is 2. The summed E-state index contributed by atoms with van der Waals surface area (Å²) in [5, 5.41) is 32.5. The lowest BCUT2D eigenvalue weighted by Crippen LogP contribution is -2.63. The van der Waals surface area contributed by atoms with Gasteiger partial charge in [0.25, 0.3) is 0 Å². The number of aliphatic hydroxyl groups is 2. The number of amides is 11. The minimum atomic E-state index is -1.67. The van der Waals surface area contributed by atoms with Gasteiger partial charge in [-0.15, -0.1) is 0 Å². The molecule has 1 aliphatic heterocycles. The van der Waals surface area contributed by atoms with E-state index in [4.69, 9.17) is 0 Å². The zero-order chi connectivity index (χ0) is 66.7. The highest BCUT2D eigenvalue weighted by Gasteiger charge is 2.45. The second-order valence-corrected chi connectivity index (χ2v) is 26.2. The zero-order valence-electron chi connectivity index (χ0n) is 56.2. The lowest BCUT2D eigenvalue weighted by atomic mass is 9.91. The average Bonchev–Trinajstić information content (AvgIpc) is 1.45. The van der Waals surface area contributed by atoms with Gasteiger partial charge in [-0.05, 0) is 93.8 Å². The molecule has 0 aromatic heterocycles. The van der Waals surface area contributed by atoms with Gasteiger partial charge in [-0.25, -0.2) is 0 Å². The molecule has 0 aliphatic carbocycles. The van der Waals surface area contributed by atoms with Gasteiger partial charge < -0.3 is 65.8 Å². The van der Waals surface area contributed by atoms with E-state index in [1.807, 2.05) is 55.4 Å². The van der Waals surface area contributed by atoms with E-state index in [1.54, 1.807) is 47.6 Å². The molecule has 24 heteroatoms. The fraction of sp³-hybridized carbons (Fsp3) is 0.790. The number of carbonyl (C=O) groups excluding carboxylic acids is 11. The van der Waals surface area contributed by atoms with Crippen molar-refractivity contribution in [2.45, 2.75) is 216 Å². The Morgan fingerprint density at radius 1 is 0.453 bits per heavy atom. The highest BCUT2D eigenvalue weighted by Crippen LogP contribution is 2.26. The molecule has 24 nitrogen and oxygen atoms in total. The molecule has 492 valence electrons. The second-order valence-electron chi connectivity index (χ2n) is 26.2. The van der Waals surface area contributed by atoms with Gasteiger partial charge in [0.1, 0.15) is 60.4 Å². The number of hydrogen-bond acceptors (Lipinski definition) is 13. The number of allylic oxidation sites excluding steroid dienone is 1. The number of hydrogen-bond donors (Lipinski definition) is 6. The topological polar surface area (TPSA) is 299 Å². The van der Waals surface area contributed by atoms with E-state index in [0.29, 0.717) is 0 Å². The van der Waals surface area contributed by atoms with E-state index in [1.165, 1.54) is 93.8 Å². The number of rotatable bonds is 16. The third kappa shape index (κ3) is 21.9. The highest BCUT2D eigenvalue weighted by atomic mass is 16.3. The summed E-state index contributed by atoms with van der Waals surface area (Å²) in [6.07, 6.45) is 2.22. The first-order valence-electron chi connectivity index (χ1n) is 30.7. The molecule has 0 aromatic rings. The summed E-state index contributed by atoms with van der Waals surface area (Å²) in [5.74, 6) is -10.1. The Balaban J connectivity index is 4.33. The first-order chi connectivity index (χ1) is 39.7. The molecule has 1 fully saturated rings. The van der Waals surface area contributed by atoms with E-state index < -0.39 is 156 Å². The van der Waals surface area contributed by atoms with Crippen LogP contribution in [0.15, 0.2) is 12.2 Å². The van der Waals surface area contributed by atoms with Crippen molar-refractivity contribution in [2.24, 2.45) is 41.4 Å². The van der Waals surface area contributed by atoms with E-state index in [9.17, 15) is 53.4 Å².